The molecule has 3 aromatic heterocycles. The second kappa shape index (κ2) is 17.6. The minimum atomic E-state index is -4.63. The molecule has 0 unspecified atom stereocenters. The first-order valence-corrected chi connectivity index (χ1v) is 25.1. The van der Waals surface area contributed by atoms with Crippen LogP contribution in [-0.4, -0.2) is 84.5 Å². The molecule has 2 aliphatic heterocycles. The number of nitro groups is 1. The second-order valence-corrected chi connectivity index (χ2v) is 21.9. The van der Waals surface area contributed by atoms with E-state index in [1.165, 1.54) is 30.9 Å². The van der Waals surface area contributed by atoms with Gasteiger partial charge in [-0.1, -0.05) is 38.1 Å². The molecule has 0 radical (unpaired) electrons. The molecule has 1 atom stereocenters. The van der Waals surface area contributed by atoms with E-state index in [1.807, 2.05) is 12.1 Å². The van der Waals surface area contributed by atoms with Gasteiger partial charge in [0.05, 0.1) is 41.6 Å². The molecule has 10 rings (SSSR count). The number of fused-ring (bicyclic) bond motifs is 1. The Bertz CT molecular complexity index is 2750. The number of ether oxygens (including phenoxy) is 2. The van der Waals surface area contributed by atoms with Crippen molar-refractivity contribution in [1.29, 1.82) is 0 Å². The third kappa shape index (κ3) is 9.11. The van der Waals surface area contributed by atoms with Crippen molar-refractivity contribution in [3.05, 3.63) is 106 Å². The van der Waals surface area contributed by atoms with Crippen molar-refractivity contribution in [2.24, 2.45) is 16.7 Å². The van der Waals surface area contributed by atoms with Crippen LogP contribution in [0.15, 0.2) is 78.0 Å². The number of amides is 1. The molecule has 1 amide bonds. The zero-order valence-corrected chi connectivity index (χ0v) is 38.9. The van der Waals surface area contributed by atoms with Crippen molar-refractivity contribution < 1.29 is 27.6 Å². The van der Waals surface area contributed by atoms with Crippen molar-refractivity contribution in [2.75, 3.05) is 49.6 Å². The molecule has 5 aliphatic rings. The van der Waals surface area contributed by atoms with Gasteiger partial charge in [-0.15, -0.1) is 0 Å². The van der Waals surface area contributed by atoms with E-state index in [4.69, 9.17) is 9.47 Å². The van der Waals surface area contributed by atoms with Gasteiger partial charge in [0.1, 0.15) is 22.0 Å². The lowest BCUT2D eigenvalue weighted by Crippen LogP contribution is -2.58. The number of H-pyrrole nitrogens is 1. The van der Waals surface area contributed by atoms with Gasteiger partial charge in [-0.25, -0.2) is 23.1 Å². The number of benzene rings is 2. The number of nitrogens with zero attached hydrogens (tertiary/aromatic N) is 5. The van der Waals surface area contributed by atoms with E-state index in [1.54, 1.807) is 30.6 Å². The molecule has 3 saturated carbocycles. The van der Waals surface area contributed by atoms with E-state index in [2.05, 4.69) is 72.9 Å². The van der Waals surface area contributed by atoms with Crippen molar-refractivity contribution in [3.63, 3.8) is 0 Å². The molecule has 0 bridgehead atoms. The van der Waals surface area contributed by atoms with Crippen molar-refractivity contribution in [1.82, 2.24) is 24.6 Å². The lowest BCUT2D eigenvalue weighted by Gasteiger charge is -2.57. The Hall–Kier alpha value is -5.58. The van der Waals surface area contributed by atoms with Gasteiger partial charge >= 0.3 is 5.69 Å². The van der Waals surface area contributed by atoms with Crippen LogP contribution >= 0.6 is 0 Å². The highest BCUT2D eigenvalue weighted by molar-refractivity contribution is 7.90. The monoisotopic (exact) mass is 916 g/mol. The number of aryl methyl sites for hydroxylation is 1. The van der Waals surface area contributed by atoms with E-state index in [-0.39, 0.29) is 33.7 Å². The summed E-state index contributed by atoms with van der Waals surface area (Å²) in [6.45, 7) is 10.6. The largest absolute Gasteiger partial charge is 0.455 e. The predicted molar refractivity (Wildman–Crippen MR) is 253 cm³/mol. The number of nitrogens with one attached hydrogen (secondary N) is 3. The van der Waals surface area contributed by atoms with Crippen LogP contribution in [0.3, 0.4) is 0 Å². The van der Waals surface area contributed by atoms with Crippen molar-refractivity contribution in [2.45, 2.75) is 108 Å². The fraction of sp³-hybridized carbons (Fsp3) is 0.500. The number of sulfonamides is 1. The van der Waals surface area contributed by atoms with Crippen LogP contribution in [0.4, 0.5) is 17.2 Å². The Morgan fingerprint density at radius 3 is 2.48 bits per heavy atom. The molecule has 3 aliphatic carbocycles. The van der Waals surface area contributed by atoms with Gasteiger partial charge in [-0.2, -0.15) is 0 Å². The van der Waals surface area contributed by atoms with E-state index in [9.17, 15) is 23.3 Å². The molecular weight excluding hydrogens is 857 g/mol. The number of aromatic nitrogens is 3. The van der Waals surface area contributed by atoms with Crippen molar-refractivity contribution in [3.8, 4) is 11.5 Å². The molecule has 1 spiro atoms. The second-order valence-electron chi connectivity index (χ2n) is 20.3. The summed E-state index contributed by atoms with van der Waals surface area (Å²) in [5, 5.41) is 16.2. The summed E-state index contributed by atoms with van der Waals surface area (Å²) in [6.07, 6.45) is 14.4. The SMILES string of the molecule is Cc1nc(NCC2CCC(C)(C)CC2)c([N+](=O)[O-])cc1S(=O)(=O)NC(=O)c1ccc(N2CCC3(CC2)CC(N2CCOC[C@H]2c2ccccc2C2CC2)C3)cc1Oc1cnc2[nH]ccc2c1. The van der Waals surface area contributed by atoms with Crippen molar-refractivity contribution >= 4 is 44.2 Å². The molecule has 3 N–H and O–H groups in total. The summed E-state index contributed by atoms with van der Waals surface area (Å²) in [5.74, 6) is 0.581. The predicted octanol–water partition coefficient (Wildman–Crippen LogP) is 9.41. The number of carbonyl (C=O) groups is 1. The molecule has 5 heterocycles. The lowest BCUT2D eigenvalue weighted by molar-refractivity contribution is -0.384. The van der Waals surface area contributed by atoms with Gasteiger partial charge < -0.3 is 24.7 Å². The molecule has 2 aromatic carbocycles. The van der Waals surface area contributed by atoms with Gasteiger partial charge in [0, 0.05) is 61.6 Å². The third-order valence-electron chi connectivity index (χ3n) is 15.2. The van der Waals surface area contributed by atoms with Gasteiger partial charge in [0.25, 0.3) is 15.9 Å². The van der Waals surface area contributed by atoms with Crippen LogP contribution in [0.25, 0.3) is 11.0 Å². The van der Waals surface area contributed by atoms with Gasteiger partial charge in [-0.3, -0.25) is 19.8 Å². The molecule has 16 heteroatoms. The molecule has 2 saturated heterocycles. The number of piperidine rings is 1. The molecule has 5 aromatic rings. The molecule has 15 nitrogen and oxygen atoms in total. The minimum Gasteiger partial charge on any atom is -0.455 e. The number of carbonyl (C=O) groups excluding carboxylic acids is 1. The number of hydrogen-bond donors (Lipinski definition) is 3. The number of aromatic amines is 1. The first-order chi connectivity index (χ1) is 31.7. The summed E-state index contributed by atoms with van der Waals surface area (Å²) in [6, 6.07) is 19.6. The first kappa shape index (κ1) is 44.3. The number of anilines is 2. The summed E-state index contributed by atoms with van der Waals surface area (Å²) in [5.41, 5.74) is 4.53. The Balaban J connectivity index is 0.846. The van der Waals surface area contributed by atoms with Crippen LogP contribution in [0.2, 0.25) is 0 Å². The zero-order valence-electron chi connectivity index (χ0n) is 38.1. The fourth-order valence-electron chi connectivity index (χ4n) is 11.1. The highest BCUT2D eigenvalue weighted by Crippen LogP contribution is 2.54. The highest BCUT2D eigenvalue weighted by Gasteiger charge is 2.50. The number of morpholine rings is 1. The third-order valence-corrected chi connectivity index (χ3v) is 16.7. The Kier molecular flexibility index (Phi) is 11.8. The first-order valence-electron chi connectivity index (χ1n) is 23.6. The standard InChI is InChI=1S/C50H60N8O7S/c1-32-45(26-42(58(60)61)47(54-32)52-29-33-12-15-49(2,3)16-13-33)66(62,63)55-48(59)41-11-10-36(25-44(41)65-38-24-35-14-19-51-46(35)53-30-38)56-20-17-50(18-21-56)27-37(28-50)57-22-23-64-31-43(57)40-7-5-4-6-39(40)34-8-9-34/h4-7,10-11,14,19,24-26,30,33-34,37,43H,8-9,12-13,15-18,20-23,27-29,31H2,1-3H3,(H,51,53)(H,52,54)(H,55,59)/t43-/m0/s1. The molecule has 5 fully saturated rings. The average Bonchev–Trinajstić information content (AvgIpc) is 4.04. The quantitative estimate of drug-likeness (QED) is 0.0752. The molecule has 348 valence electrons. The number of rotatable bonds is 13. The Morgan fingerprint density at radius 1 is 0.985 bits per heavy atom. The zero-order chi connectivity index (χ0) is 45.8. The van der Waals surface area contributed by atoms with E-state index >= 15 is 0 Å². The summed E-state index contributed by atoms with van der Waals surface area (Å²) < 4.78 is 42.5. The summed E-state index contributed by atoms with van der Waals surface area (Å²) in [4.78, 5) is 42.2. The van der Waals surface area contributed by atoms with Gasteiger partial charge in [0.15, 0.2) is 0 Å². The Morgan fingerprint density at radius 2 is 1.74 bits per heavy atom. The van der Waals surface area contributed by atoms with Crippen LogP contribution < -0.4 is 19.7 Å². The van der Waals surface area contributed by atoms with Crippen LogP contribution in [0.1, 0.15) is 117 Å². The lowest BCUT2D eigenvalue weighted by atomic mass is 9.59. The topological polar surface area (TPSA) is 185 Å². The molecular formula is C50H60N8O7S. The maximum absolute atomic E-state index is 14.1. The number of pyridine rings is 2. The Labute approximate surface area is 386 Å². The van der Waals surface area contributed by atoms with Gasteiger partial charge in [0.2, 0.25) is 5.82 Å². The van der Waals surface area contributed by atoms with E-state index in [0.29, 0.717) is 41.9 Å². The van der Waals surface area contributed by atoms with E-state index in [0.717, 1.165) is 101 Å². The average molecular weight is 917 g/mol. The summed E-state index contributed by atoms with van der Waals surface area (Å²) in [7, 11) is -4.63. The van der Waals surface area contributed by atoms with Crippen LogP contribution in [-0.2, 0) is 14.8 Å². The van der Waals surface area contributed by atoms with Crippen LogP contribution in [0.5, 0.6) is 11.5 Å². The summed E-state index contributed by atoms with van der Waals surface area (Å²) >= 11 is 0. The van der Waals surface area contributed by atoms with E-state index < -0.39 is 31.4 Å². The van der Waals surface area contributed by atoms with Gasteiger partial charge in [-0.05, 0) is 129 Å². The minimum absolute atomic E-state index is 0.00341. The maximum atomic E-state index is 14.1. The normalized spacial score (nSPS) is 21.4. The number of hydrogen-bond acceptors (Lipinski definition) is 12. The van der Waals surface area contributed by atoms with Crippen LogP contribution in [0, 0.1) is 33.8 Å². The fourth-order valence-corrected chi connectivity index (χ4v) is 12.2. The highest BCUT2D eigenvalue weighted by atomic mass is 32.2. The molecule has 66 heavy (non-hydrogen) atoms. The maximum Gasteiger partial charge on any atom is 0.312 e. The smallest absolute Gasteiger partial charge is 0.312 e.